The maximum atomic E-state index is 9.03. The highest BCUT2D eigenvalue weighted by Gasteiger charge is 2.14. The van der Waals surface area contributed by atoms with Crippen molar-refractivity contribution in [2.45, 2.75) is 13.8 Å². The van der Waals surface area contributed by atoms with E-state index in [4.69, 9.17) is 14.7 Å². The molecule has 0 amide bonds. The van der Waals surface area contributed by atoms with Crippen LogP contribution in [0.25, 0.3) is 22.8 Å². The van der Waals surface area contributed by atoms with Crippen LogP contribution in [0.2, 0.25) is 0 Å². The summed E-state index contributed by atoms with van der Waals surface area (Å²) in [5.41, 5.74) is 2.11. The second-order valence-electron chi connectivity index (χ2n) is 4.81. The minimum Gasteiger partial charge on any atom is -0.490 e. The molecule has 0 bridgehead atoms. The summed E-state index contributed by atoms with van der Waals surface area (Å²) in [5.74, 6) is 1.99. The predicted octanol–water partition coefficient (Wildman–Crippen LogP) is 2.53. The largest absolute Gasteiger partial charge is 0.490 e. The molecule has 24 heavy (non-hydrogen) atoms. The van der Waals surface area contributed by atoms with E-state index in [0.717, 1.165) is 5.56 Å². The molecule has 8 heteroatoms. The van der Waals surface area contributed by atoms with Crippen LogP contribution in [0.3, 0.4) is 0 Å². The standard InChI is InChI=1S/C16H16N6O2/c1-3-23-13-6-5-10(7-14(13)24-4-2)16-18-9-12(19-16)15-11(8-17)20-22-21-15/h5-7,9H,3-4H2,1-2H3,(H,18,19)(H,20,21,22). The minimum atomic E-state index is 0.215. The lowest BCUT2D eigenvalue weighted by molar-refractivity contribution is 0.288. The van der Waals surface area contributed by atoms with Gasteiger partial charge >= 0.3 is 0 Å². The van der Waals surface area contributed by atoms with E-state index in [9.17, 15) is 0 Å². The highest BCUT2D eigenvalue weighted by Crippen LogP contribution is 2.32. The first-order valence-electron chi connectivity index (χ1n) is 7.53. The van der Waals surface area contributed by atoms with Gasteiger partial charge in [-0.3, -0.25) is 0 Å². The third-order valence-electron chi connectivity index (χ3n) is 3.30. The van der Waals surface area contributed by atoms with Gasteiger partial charge in [0.15, 0.2) is 17.2 Å². The van der Waals surface area contributed by atoms with Crippen molar-refractivity contribution in [3.05, 3.63) is 30.1 Å². The molecule has 0 saturated carbocycles. The molecule has 2 heterocycles. The van der Waals surface area contributed by atoms with Crippen molar-refractivity contribution in [3.8, 4) is 40.3 Å². The number of ether oxygens (including phenoxy) is 2. The molecule has 0 aliphatic carbocycles. The second-order valence-corrected chi connectivity index (χ2v) is 4.81. The lowest BCUT2D eigenvalue weighted by Crippen LogP contribution is -1.98. The first-order valence-corrected chi connectivity index (χ1v) is 7.53. The number of hydrogen-bond acceptors (Lipinski definition) is 6. The highest BCUT2D eigenvalue weighted by atomic mass is 16.5. The zero-order chi connectivity index (χ0) is 16.9. The summed E-state index contributed by atoms with van der Waals surface area (Å²) in [6.07, 6.45) is 1.62. The molecule has 0 radical (unpaired) electrons. The van der Waals surface area contributed by atoms with Crippen LogP contribution < -0.4 is 9.47 Å². The zero-order valence-corrected chi connectivity index (χ0v) is 13.3. The van der Waals surface area contributed by atoms with Gasteiger partial charge in [-0.05, 0) is 32.0 Å². The van der Waals surface area contributed by atoms with Crippen LogP contribution in [0.4, 0.5) is 0 Å². The summed E-state index contributed by atoms with van der Waals surface area (Å²) in [6, 6.07) is 7.59. The van der Waals surface area contributed by atoms with Crippen LogP contribution in [-0.2, 0) is 0 Å². The van der Waals surface area contributed by atoms with Crippen molar-refractivity contribution in [1.82, 2.24) is 25.4 Å². The topological polar surface area (TPSA) is 113 Å². The first-order chi connectivity index (χ1) is 11.8. The zero-order valence-electron chi connectivity index (χ0n) is 13.3. The van der Waals surface area contributed by atoms with E-state index in [1.807, 2.05) is 38.1 Å². The average molecular weight is 324 g/mol. The van der Waals surface area contributed by atoms with E-state index in [1.54, 1.807) is 6.20 Å². The molecule has 0 spiro atoms. The van der Waals surface area contributed by atoms with Gasteiger partial charge in [-0.25, -0.2) is 4.98 Å². The van der Waals surface area contributed by atoms with Gasteiger partial charge in [-0.1, -0.05) is 0 Å². The third-order valence-corrected chi connectivity index (χ3v) is 3.30. The molecule has 8 nitrogen and oxygen atoms in total. The van der Waals surface area contributed by atoms with E-state index in [2.05, 4.69) is 25.4 Å². The van der Waals surface area contributed by atoms with Gasteiger partial charge in [0.05, 0.1) is 25.1 Å². The molecule has 0 aliphatic rings. The number of H-pyrrole nitrogens is 2. The van der Waals surface area contributed by atoms with Gasteiger partial charge in [0, 0.05) is 5.56 Å². The van der Waals surface area contributed by atoms with E-state index < -0.39 is 0 Å². The van der Waals surface area contributed by atoms with Gasteiger partial charge in [-0.2, -0.15) is 15.6 Å². The first kappa shape index (κ1) is 15.6. The summed E-state index contributed by atoms with van der Waals surface area (Å²) in [6.45, 7) is 4.94. The summed E-state index contributed by atoms with van der Waals surface area (Å²) in [4.78, 5) is 7.50. The number of hydrogen-bond donors (Lipinski definition) is 2. The Morgan fingerprint density at radius 2 is 1.92 bits per heavy atom. The highest BCUT2D eigenvalue weighted by molar-refractivity contribution is 5.66. The van der Waals surface area contributed by atoms with Gasteiger partial charge in [0.25, 0.3) is 0 Å². The summed E-state index contributed by atoms with van der Waals surface area (Å²) in [7, 11) is 0. The molecule has 2 aromatic heterocycles. The maximum absolute atomic E-state index is 9.03. The molecule has 0 atom stereocenters. The van der Waals surface area contributed by atoms with Crippen LogP contribution in [-0.4, -0.2) is 38.6 Å². The molecule has 122 valence electrons. The fourth-order valence-electron chi connectivity index (χ4n) is 2.28. The number of nitriles is 1. The number of benzene rings is 1. The number of nitrogens with zero attached hydrogens (tertiary/aromatic N) is 4. The van der Waals surface area contributed by atoms with Crippen molar-refractivity contribution in [2.24, 2.45) is 0 Å². The Morgan fingerprint density at radius 3 is 2.67 bits per heavy atom. The molecule has 0 aliphatic heterocycles. The Balaban J connectivity index is 1.95. The van der Waals surface area contributed by atoms with Crippen molar-refractivity contribution in [1.29, 1.82) is 5.26 Å². The van der Waals surface area contributed by atoms with Gasteiger partial charge in [-0.15, -0.1) is 5.10 Å². The Bertz CT molecular complexity index is 877. The quantitative estimate of drug-likeness (QED) is 0.720. The van der Waals surface area contributed by atoms with Crippen LogP contribution in [0.5, 0.6) is 11.5 Å². The molecule has 3 aromatic rings. The maximum Gasteiger partial charge on any atom is 0.192 e. The second kappa shape index (κ2) is 6.83. The summed E-state index contributed by atoms with van der Waals surface area (Å²) < 4.78 is 11.2. The Hall–Kier alpha value is -3.34. The molecule has 3 rings (SSSR count). The smallest absolute Gasteiger partial charge is 0.192 e. The fraction of sp³-hybridized carbons (Fsp3) is 0.250. The van der Waals surface area contributed by atoms with E-state index in [-0.39, 0.29) is 5.69 Å². The van der Waals surface area contributed by atoms with Crippen molar-refractivity contribution in [2.75, 3.05) is 13.2 Å². The monoisotopic (exact) mass is 324 g/mol. The number of aromatic nitrogens is 5. The van der Waals surface area contributed by atoms with Gasteiger partial charge in [0.1, 0.15) is 17.6 Å². The molecular weight excluding hydrogens is 308 g/mol. The molecular formula is C16H16N6O2. The predicted molar refractivity (Wildman–Crippen MR) is 86.5 cm³/mol. The molecule has 0 fully saturated rings. The number of nitrogens with one attached hydrogen (secondary N) is 2. The SMILES string of the molecule is CCOc1ccc(-c2ncc(-c3n[nH]nc3C#N)[nH]2)cc1OCC. The molecule has 1 aromatic carbocycles. The van der Waals surface area contributed by atoms with Crippen LogP contribution in [0, 0.1) is 11.3 Å². The number of rotatable bonds is 6. The molecule has 0 unspecified atom stereocenters. The van der Waals surface area contributed by atoms with E-state index >= 15 is 0 Å². The number of aromatic amines is 2. The Kier molecular flexibility index (Phi) is 4.43. The summed E-state index contributed by atoms with van der Waals surface area (Å²) >= 11 is 0. The van der Waals surface area contributed by atoms with Gasteiger partial charge < -0.3 is 14.5 Å². The molecule has 0 saturated heterocycles. The van der Waals surface area contributed by atoms with Crippen molar-refractivity contribution >= 4 is 0 Å². The van der Waals surface area contributed by atoms with Crippen LogP contribution in [0.1, 0.15) is 19.5 Å². The Labute approximate surface area is 138 Å². The third kappa shape index (κ3) is 2.92. The van der Waals surface area contributed by atoms with Crippen molar-refractivity contribution < 1.29 is 9.47 Å². The lowest BCUT2D eigenvalue weighted by Gasteiger charge is -2.11. The van der Waals surface area contributed by atoms with Crippen LogP contribution >= 0.6 is 0 Å². The summed E-state index contributed by atoms with van der Waals surface area (Å²) in [5, 5.41) is 19.2. The van der Waals surface area contributed by atoms with Crippen molar-refractivity contribution in [3.63, 3.8) is 0 Å². The minimum absolute atomic E-state index is 0.215. The lowest BCUT2D eigenvalue weighted by atomic mass is 10.2. The van der Waals surface area contributed by atoms with E-state index in [0.29, 0.717) is 41.9 Å². The van der Waals surface area contributed by atoms with E-state index in [1.165, 1.54) is 0 Å². The average Bonchev–Trinajstić information content (AvgIpc) is 3.25. The fourth-order valence-corrected chi connectivity index (χ4v) is 2.28. The normalized spacial score (nSPS) is 10.4. The number of imidazole rings is 1. The molecule has 2 N–H and O–H groups in total. The van der Waals surface area contributed by atoms with Crippen LogP contribution in [0.15, 0.2) is 24.4 Å². The Morgan fingerprint density at radius 1 is 1.12 bits per heavy atom. The van der Waals surface area contributed by atoms with Gasteiger partial charge in [0.2, 0.25) is 0 Å².